The maximum absolute atomic E-state index is 13.2. The third-order valence-electron chi connectivity index (χ3n) is 2.11. The first-order valence-electron chi connectivity index (χ1n) is 4.84. The molecule has 0 saturated heterocycles. The van der Waals surface area contributed by atoms with Gasteiger partial charge in [-0.15, -0.1) is 6.42 Å². The number of terminal acetylenes is 1. The molecule has 0 aromatic heterocycles. The lowest BCUT2D eigenvalue weighted by Gasteiger charge is -2.11. The number of hydrogen-bond acceptors (Lipinski definition) is 2. The Labute approximate surface area is 109 Å². The van der Waals surface area contributed by atoms with Gasteiger partial charge in [0.2, 0.25) is 10.0 Å². The zero-order valence-electron chi connectivity index (χ0n) is 9.07. The van der Waals surface area contributed by atoms with Crippen molar-refractivity contribution in [3.05, 3.63) is 28.5 Å². The fourth-order valence-electron chi connectivity index (χ4n) is 1.13. The Morgan fingerprint density at radius 1 is 1.59 bits per heavy atom. The smallest absolute Gasteiger partial charge is 0.207 e. The number of sulfonamides is 1. The van der Waals surface area contributed by atoms with Gasteiger partial charge in [-0.3, -0.25) is 0 Å². The Bertz CT molecular complexity index is 551. The largest absolute Gasteiger partial charge is 0.241 e. The molecule has 0 heterocycles. The van der Waals surface area contributed by atoms with Gasteiger partial charge in [0.15, 0.2) is 0 Å². The molecule has 1 rings (SSSR count). The minimum atomic E-state index is -3.78. The van der Waals surface area contributed by atoms with Crippen LogP contribution < -0.4 is 4.72 Å². The number of rotatable bonds is 4. The molecule has 1 N–H and O–H groups in total. The van der Waals surface area contributed by atoms with Gasteiger partial charge in [0.25, 0.3) is 0 Å². The first kappa shape index (κ1) is 14.2. The van der Waals surface area contributed by atoms with Crippen LogP contribution in [-0.2, 0) is 10.0 Å². The fourth-order valence-corrected chi connectivity index (χ4v) is 2.63. The van der Waals surface area contributed by atoms with Crippen molar-refractivity contribution in [3.63, 3.8) is 0 Å². The second-order valence-electron chi connectivity index (χ2n) is 3.32. The number of nitrogens with one attached hydrogen (secondary N) is 1. The molecule has 0 bridgehead atoms. The first-order chi connectivity index (χ1) is 7.90. The Hall–Kier alpha value is -0.900. The normalized spacial score (nSPS) is 13.1. The molecular weight excluding hydrogens is 309 g/mol. The van der Waals surface area contributed by atoms with E-state index in [-0.39, 0.29) is 9.37 Å². The monoisotopic (exact) mass is 319 g/mol. The highest BCUT2D eigenvalue weighted by Gasteiger charge is 2.18. The average molecular weight is 320 g/mol. The van der Waals surface area contributed by atoms with Gasteiger partial charge in [-0.1, -0.05) is 12.8 Å². The van der Waals surface area contributed by atoms with Crippen LogP contribution in [0.1, 0.15) is 13.3 Å². The van der Waals surface area contributed by atoms with Gasteiger partial charge < -0.3 is 0 Å². The van der Waals surface area contributed by atoms with Crippen LogP contribution in [0.15, 0.2) is 27.6 Å². The molecule has 6 heteroatoms. The second kappa shape index (κ2) is 5.63. The standard InChI is InChI=1S/C11H11BrFNO2S/c1-3-8(4-2)14-17(15,16)9-5-6-10(12)11(13)7-9/h1,5-8,14H,4H2,2H3. The molecule has 1 aromatic carbocycles. The second-order valence-corrected chi connectivity index (χ2v) is 5.89. The summed E-state index contributed by atoms with van der Waals surface area (Å²) in [6.07, 6.45) is 5.63. The minimum Gasteiger partial charge on any atom is -0.207 e. The SMILES string of the molecule is C#CC(CC)NS(=O)(=O)c1ccc(Br)c(F)c1. The maximum Gasteiger partial charge on any atom is 0.241 e. The van der Waals surface area contributed by atoms with E-state index < -0.39 is 21.9 Å². The van der Waals surface area contributed by atoms with E-state index in [1.54, 1.807) is 6.92 Å². The molecule has 0 saturated carbocycles. The summed E-state index contributed by atoms with van der Waals surface area (Å²) in [4.78, 5) is -0.146. The van der Waals surface area contributed by atoms with Gasteiger partial charge in [0.05, 0.1) is 15.4 Å². The van der Waals surface area contributed by atoms with Crippen LogP contribution in [0.5, 0.6) is 0 Å². The Morgan fingerprint density at radius 2 is 2.24 bits per heavy atom. The van der Waals surface area contributed by atoms with Gasteiger partial charge in [-0.05, 0) is 40.5 Å². The summed E-state index contributed by atoms with van der Waals surface area (Å²) in [5, 5.41) is 0. The van der Waals surface area contributed by atoms with E-state index >= 15 is 0 Å². The molecule has 92 valence electrons. The Kier molecular flexibility index (Phi) is 4.69. The molecule has 1 aromatic rings. The molecule has 0 aliphatic carbocycles. The minimum absolute atomic E-state index is 0.146. The van der Waals surface area contributed by atoms with E-state index in [0.29, 0.717) is 6.42 Å². The van der Waals surface area contributed by atoms with Crippen LogP contribution in [0.2, 0.25) is 0 Å². The van der Waals surface area contributed by atoms with E-state index in [4.69, 9.17) is 6.42 Å². The lowest BCUT2D eigenvalue weighted by molar-refractivity contribution is 0.567. The molecular formula is C11H11BrFNO2S. The Balaban J connectivity index is 3.06. The molecule has 1 atom stereocenters. The molecule has 3 nitrogen and oxygen atoms in total. The summed E-state index contributed by atoms with van der Waals surface area (Å²) in [6.45, 7) is 1.76. The van der Waals surface area contributed by atoms with Gasteiger partial charge in [0, 0.05) is 0 Å². The highest BCUT2D eigenvalue weighted by Crippen LogP contribution is 2.19. The van der Waals surface area contributed by atoms with Crippen molar-refractivity contribution in [1.82, 2.24) is 4.72 Å². The zero-order chi connectivity index (χ0) is 13.1. The summed E-state index contributed by atoms with van der Waals surface area (Å²) >= 11 is 2.95. The van der Waals surface area contributed by atoms with E-state index in [2.05, 4.69) is 26.6 Å². The molecule has 0 fully saturated rings. The molecule has 0 aliphatic heterocycles. The van der Waals surface area contributed by atoms with Crippen LogP contribution in [0.25, 0.3) is 0 Å². The van der Waals surface area contributed by atoms with Crippen molar-refractivity contribution in [2.24, 2.45) is 0 Å². The quantitative estimate of drug-likeness (QED) is 0.865. The van der Waals surface area contributed by atoms with Crippen molar-refractivity contribution < 1.29 is 12.8 Å². The lowest BCUT2D eigenvalue weighted by Crippen LogP contribution is -2.33. The molecule has 0 amide bonds. The lowest BCUT2D eigenvalue weighted by atomic mass is 10.3. The van der Waals surface area contributed by atoms with E-state index in [1.807, 2.05) is 0 Å². The van der Waals surface area contributed by atoms with E-state index in [9.17, 15) is 12.8 Å². The number of hydrogen-bond donors (Lipinski definition) is 1. The summed E-state index contributed by atoms with van der Waals surface area (Å²) in [5.74, 6) is 1.67. The van der Waals surface area contributed by atoms with Crippen LogP contribution in [-0.4, -0.2) is 14.5 Å². The Morgan fingerprint density at radius 3 is 2.71 bits per heavy atom. The van der Waals surface area contributed by atoms with Gasteiger partial charge in [-0.25, -0.2) is 12.8 Å². The fraction of sp³-hybridized carbons (Fsp3) is 0.273. The van der Waals surface area contributed by atoms with Crippen molar-refractivity contribution >= 4 is 26.0 Å². The summed E-state index contributed by atoms with van der Waals surface area (Å²) in [6, 6.07) is 2.99. The van der Waals surface area contributed by atoms with Crippen molar-refractivity contribution in [2.75, 3.05) is 0 Å². The average Bonchev–Trinajstić information content (AvgIpc) is 2.29. The highest BCUT2D eigenvalue weighted by molar-refractivity contribution is 9.10. The number of benzene rings is 1. The van der Waals surface area contributed by atoms with E-state index in [0.717, 1.165) is 6.07 Å². The van der Waals surface area contributed by atoms with Crippen molar-refractivity contribution in [3.8, 4) is 12.3 Å². The summed E-state index contributed by atoms with van der Waals surface area (Å²) < 4.78 is 39.4. The van der Waals surface area contributed by atoms with Gasteiger partial charge >= 0.3 is 0 Å². The molecule has 0 spiro atoms. The van der Waals surface area contributed by atoms with Crippen molar-refractivity contribution in [1.29, 1.82) is 0 Å². The third kappa shape index (κ3) is 3.53. The predicted molar refractivity (Wildman–Crippen MR) is 67.3 cm³/mol. The molecule has 17 heavy (non-hydrogen) atoms. The molecule has 0 aliphatic rings. The topological polar surface area (TPSA) is 46.2 Å². The van der Waals surface area contributed by atoms with E-state index in [1.165, 1.54) is 12.1 Å². The molecule has 1 unspecified atom stereocenters. The maximum atomic E-state index is 13.2. The van der Waals surface area contributed by atoms with Crippen molar-refractivity contribution in [2.45, 2.75) is 24.3 Å². The third-order valence-corrected chi connectivity index (χ3v) is 4.22. The van der Waals surface area contributed by atoms with Crippen LogP contribution in [0, 0.1) is 18.2 Å². The summed E-state index contributed by atoms with van der Waals surface area (Å²) in [5.41, 5.74) is 0. The predicted octanol–water partition coefficient (Wildman–Crippen LogP) is 2.28. The van der Waals surface area contributed by atoms with Gasteiger partial charge in [-0.2, -0.15) is 4.72 Å². The molecule has 0 radical (unpaired) electrons. The zero-order valence-corrected chi connectivity index (χ0v) is 11.5. The highest BCUT2D eigenvalue weighted by atomic mass is 79.9. The summed E-state index contributed by atoms with van der Waals surface area (Å²) in [7, 11) is -3.78. The number of halogens is 2. The van der Waals surface area contributed by atoms with Crippen LogP contribution in [0.3, 0.4) is 0 Å². The first-order valence-corrected chi connectivity index (χ1v) is 7.12. The van der Waals surface area contributed by atoms with Crippen LogP contribution in [0.4, 0.5) is 4.39 Å². The van der Waals surface area contributed by atoms with Gasteiger partial charge in [0.1, 0.15) is 5.82 Å². The van der Waals surface area contributed by atoms with Crippen LogP contribution >= 0.6 is 15.9 Å².